The minimum atomic E-state index is -0.0839. The van der Waals surface area contributed by atoms with Crippen LogP contribution in [-0.2, 0) is 4.74 Å². The van der Waals surface area contributed by atoms with Crippen molar-refractivity contribution in [3.63, 3.8) is 0 Å². The van der Waals surface area contributed by atoms with E-state index in [1.165, 1.54) is 4.80 Å². The molecule has 1 saturated heterocycles. The van der Waals surface area contributed by atoms with Gasteiger partial charge in [0.1, 0.15) is 0 Å². The minimum absolute atomic E-state index is 0.0839. The summed E-state index contributed by atoms with van der Waals surface area (Å²) in [5.74, 6) is 0. The second kappa shape index (κ2) is 7.23. The zero-order chi connectivity index (χ0) is 16.1. The molecule has 23 heavy (non-hydrogen) atoms. The average molecular weight is 315 g/mol. The Hall–Kier alpha value is -2.41. The Labute approximate surface area is 135 Å². The van der Waals surface area contributed by atoms with Gasteiger partial charge in [0.2, 0.25) is 0 Å². The van der Waals surface area contributed by atoms with Crippen LogP contribution in [0.15, 0.2) is 36.7 Å². The molecule has 0 bridgehead atoms. The van der Waals surface area contributed by atoms with E-state index in [4.69, 9.17) is 4.74 Å². The lowest BCUT2D eigenvalue weighted by Crippen LogP contribution is -2.45. The minimum Gasteiger partial charge on any atom is -0.377 e. The van der Waals surface area contributed by atoms with Crippen molar-refractivity contribution < 1.29 is 9.53 Å². The van der Waals surface area contributed by atoms with Crippen molar-refractivity contribution in [2.24, 2.45) is 0 Å². The number of aromatic nitrogens is 3. The fraction of sp³-hybridized carbons (Fsp3) is 0.438. The molecule has 0 saturated carbocycles. The van der Waals surface area contributed by atoms with E-state index in [0.717, 1.165) is 30.8 Å². The third-order valence-corrected chi connectivity index (χ3v) is 3.84. The second-order valence-corrected chi connectivity index (χ2v) is 5.46. The second-order valence-electron chi connectivity index (χ2n) is 5.46. The maximum absolute atomic E-state index is 12.4. The molecule has 1 aliphatic rings. The molecular formula is C16H21N5O2. The van der Waals surface area contributed by atoms with Gasteiger partial charge in [0, 0.05) is 25.4 Å². The van der Waals surface area contributed by atoms with Crippen LogP contribution in [0.25, 0.3) is 5.69 Å². The molecule has 0 spiro atoms. The number of rotatable bonds is 4. The molecule has 1 aliphatic heterocycles. The predicted molar refractivity (Wildman–Crippen MR) is 86.6 cm³/mol. The smallest absolute Gasteiger partial charge is 0.321 e. The molecule has 2 aromatic rings. The molecule has 2 amide bonds. The Morgan fingerprint density at radius 1 is 1.30 bits per heavy atom. The molecule has 0 aliphatic carbocycles. The van der Waals surface area contributed by atoms with Gasteiger partial charge in [0.15, 0.2) is 0 Å². The first-order valence-electron chi connectivity index (χ1n) is 7.90. The van der Waals surface area contributed by atoms with E-state index >= 15 is 0 Å². The molecule has 3 rings (SSSR count). The van der Waals surface area contributed by atoms with Crippen LogP contribution in [0, 0.1) is 0 Å². The Kier molecular flexibility index (Phi) is 4.87. The topological polar surface area (TPSA) is 72.3 Å². The van der Waals surface area contributed by atoms with Crippen LogP contribution < -0.4 is 5.32 Å². The molecule has 7 nitrogen and oxygen atoms in total. The number of hydrogen-bond donors (Lipinski definition) is 1. The van der Waals surface area contributed by atoms with Crippen LogP contribution in [-0.4, -0.2) is 51.7 Å². The molecule has 0 unspecified atom stereocenters. The maximum Gasteiger partial charge on any atom is 0.321 e. The van der Waals surface area contributed by atoms with Crippen molar-refractivity contribution in [3.05, 3.63) is 36.7 Å². The van der Waals surface area contributed by atoms with Gasteiger partial charge in [-0.1, -0.05) is 0 Å². The Morgan fingerprint density at radius 2 is 2.04 bits per heavy atom. The Morgan fingerprint density at radius 3 is 2.74 bits per heavy atom. The van der Waals surface area contributed by atoms with E-state index in [1.807, 2.05) is 36.1 Å². The lowest BCUT2D eigenvalue weighted by molar-refractivity contribution is 0.0181. The van der Waals surface area contributed by atoms with Gasteiger partial charge in [-0.2, -0.15) is 15.0 Å². The van der Waals surface area contributed by atoms with Gasteiger partial charge in [-0.25, -0.2) is 4.79 Å². The van der Waals surface area contributed by atoms with E-state index < -0.39 is 0 Å². The van der Waals surface area contributed by atoms with E-state index in [2.05, 4.69) is 15.5 Å². The van der Waals surface area contributed by atoms with E-state index in [-0.39, 0.29) is 12.1 Å². The maximum atomic E-state index is 12.4. The van der Waals surface area contributed by atoms with Crippen molar-refractivity contribution in [2.75, 3.05) is 25.0 Å². The normalized spacial score (nSPS) is 18.0. The number of anilines is 1. The van der Waals surface area contributed by atoms with Crippen molar-refractivity contribution in [1.29, 1.82) is 0 Å². The quantitative estimate of drug-likeness (QED) is 0.939. The van der Waals surface area contributed by atoms with E-state index in [1.54, 1.807) is 12.4 Å². The standard InChI is InChI=1S/C16H21N5O2/c1-2-23-15-4-3-11-20(12-15)16(22)19-13-5-7-14(8-6-13)21-17-9-10-18-21/h5-10,15H,2-4,11-12H2,1H3,(H,19,22)/t15-/m0/s1. The number of nitrogens with one attached hydrogen (secondary N) is 1. The molecule has 2 heterocycles. The van der Waals surface area contributed by atoms with Gasteiger partial charge < -0.3 is 15.0 Å². The number of urea groups is 1. The van der Waals surface area contributed by atoms with Gasteiger partial charge in [0.05, 0.1) is 24.2 Å². The third kappa shape index (κ3) is 3.87. The van der Waals surface area contributed by atoms with Crippen LogP contribution in [0.1, 0.15) is 19.8 Å². The first kappa shape index (κ1) is 15.5. The molecule has 7 heteroatoms. The summed E-state index contributed by atoms with van der Waals surface area (Å²) in [7, 11) is 0. The molecule has 1 N–H and O–H groups in total. The summed E-state index contributed by atoms with van der Waals surface area (Å²) in [6.45, 7) is 4.08. The highest BCUT2D eigenvalue weighted by atomic mass is 16.5. The summed E-state index contributed by atoms with van der Waals surface area (Å²) < 4.78 is 5.63. The van der Waals surface area contributed by atoms with Crippen molar-refractivity contribution in [1.82, 2.24) is 19.9 Å². The zero-order valence-electron chi connectivity index (χ0n) is 13.2. The van der Waals surface area contributed by atoms with E-state index in [0.29, 0.717) is 13.2 Å². The lowest BCUT2D eigenvalue weighted by Gasteiger charge is -2.32. The molecule has 0 radical (unpaired) electrons. The fourth-order valence-corrected chi connectivity index (χ4v) is 2.72. The van der Waals surface area contributed by atoms with Crippen molar-refractivity contribution in [3.8, 4) is 5.69 Å². The van der Waals surface area contributed by atoms with Gasteiger partial charge in [0.25, 0.3) is 0 Å². The first-order chi connectivity index (χ1) is 11.3. The van der Waals surface area contributed by atoms with Gasteiger partial charge >= 0.3 is 6.03 Å². The highest BCUT2D eigenvalue weighted by molar-refractivity contribution is 5.89. The molecular weight excluding hydrogens is 294 g/mol. The Bertz CT molecular complexity index is 624. The number of nitrogens with zero attached hydrogens (tertiary/aromatic N) is 4. The number of carbonyl (C=O) groups is 1. The van der Waals surface area contributed by atoms with Gasteiger partial charge in [-0.15, -0.1) is 0 Å². The number of likely N-dealkylation sites (tertiary alicyclic amines) is 1. The van der Waals surface area contributed by atoms with Gasteiger partial charge in [-0.3, -0.25) is 0 Å². The van der Waals surface area contributed by atoms with Crippen LogP contribution in [0.2, 0.25) is 0 Å². The number of ether oxygens (including phenoxy) is 1. The predicted octanol–water partition coefficient (Wildman–Crippen LogP) is 2.30. The third-order valence-electron chi connectivity index (χ3n) is 3.84. The van der Waals surface area contributed by atoms with Crippen LogP contribution in [0.5, 0.6) is 0 Å². The molecule has 122 valence electrons. The number of carbonyl (C=O) groups excluding carboxylic acids is 1. The van der Waals surface area contributed by atoms with Crippen LogP contribution in [0.4, 0.5) is 10.5 Å². The van der Waals surface area contributed by atoms with Gasteiger partial charge in [-0.05, 0) is 44.0 Å². The average Bonchev–Trinajstić information content (AvgIpc) is 3.11. The fourth-order valence-electron chi connectivity index (χ4n) is 2.72. The number of amides is 2. The summed E-state index contributed by atoms with van der Waals surface area (Å²) in [4.78, 5) is 15.7. The molecule has 1 aromatic carbocycles. The molecule has 1 fully saturated rings. The zero-order valence-corrected chi connectivity index (χ0v) is 13.2. The van der Waals surface area contributed by atoms with Crippen molar-refractivity contribution in [2.45, 2.75) is 25.9 Å². The van der Waals surface area contributed by atoms with Crippen molar-refractivity contribution >= 4 is 11.7 Å². The highest BCUT2D eigenvalue weighted by Gasteiger charge is 2.23. The summed E-state index contributed by atoms with van der Waals surface area (Å²) in [5, 5.41) is 11.1. The monoisotopic (exact) mass is 315 g/mol. The SMILES string of the molecule is CCO[C@H]1CCCN(C(=O)Nc2ccc(-n3nccn3)cc2)C1. The van der Waals surface area contributed by atoms with Crippen LogP contribution >= 0.6 is 0 Å². The Balaban J connectivity index is 1.59. The lowest BCUT2D eigenvalue weighted by atomic mass is 10.1. The number of piperidine rings is 1. The van der Waals surface area contributed by atoms with E-state index in [9.17, 15) is 4.79 Å². The first-order valence-corrected chi connectivity index (χ1v) is 7.90. The highest BCUT2D eigenvalue weighted by Crippen LogP contribution is 2.16. The number of hydrogen-bond acceptors (Lipinski definition) is 4. The summed E-state index contributed by atoms with van der Waals surface area (Å²) in [6, 6.07) is 7.35. The summed E-state index contributed by atoms with van der Waals surface area (Å²) >= 11 is 0. The molecule has 1 aromatic heterocycles. The van der Waals surface area contributed by atoms with Crippen LogP contribution in [0.3, 0.4) is 0 Å². The molecule has 1 atom stereocenters. The largest absolute Gasteiger partial charge is 0.377 e. The summed E-state index contributed by atoms with van der Waals surface area (Å²) in [5.41, 5.74) is 1.60. The number of benzene rings is 1. The summed E-state index contributed by atoms with van der Waals surface area (Å²) in [6.07, 6.45) is 5.39.